The number of nitrogens with one attached hydrogen (secondary N) is 2. The Morgan fingerprint density at radius 2 is 2.10 bits per heavy atom. The molecule has 1 amide bonds. The van der Waals surface area contributed by atoms with Crippen molar-refractivity contribution in [2.75, 3.05) is 33.4 Å². The molecule has 0 bridgehead atoms. The van der Waals surface area contributed by atoms with E-state index in [1.807, 2.05) is 13.0 Å². The average Bonchev–Trinajstić information content (AvgIpc) is 3.34. The van der Waals surface area contributed by atoms with Crippen LogP contribution in [-0.2, 0) is 16.1 Å². The van der Waals surface area contributed by atoms with Crippen molar-refractivity contribution in [2.45, 2.75) is 45.2 Å². The number of hydrogen-bond acceptors (Lipinski definition) is 6. The standard InChI is InChI=1S/C22H31N5O3/c1-14-10-16(4-5-20(14)29-3)11-27-12-18(21-23-15(2)25-26-21)19(13-27)24-22(28)17-6-8-30-9-7-17/h4-5,10,17-19H,6-9,11-13H2,1-3H3,(H,24,28)(H,23,25,26)/t18-,19-/m1/s1. The Morgan fingerprint density at radius 3 is 2.77 bits per heavy atom. The van der Waals surface area contributed by atoms with Crippen LogP contribution in [0.15, 0.2) is 18.2 Å². The van der Waals surface area contributed by atoms with E-state index in [0.717, 1.165) is 55.4 Å². The first-order chi connectivity index (χ1) is 14.5. The second-order valence-electron chi connectivity index (χ2n) is 8.39. The van der Waals surface area contributed by atoms with Crippen molar-refractivity contribution >= 4 is 5.91 Å². The predicted octanol–water partition coefficient (Wildman–Crippen LogP) is 1.94. The van der Waals surface area contributed by atoms with E-state index < -0.39 is 0 Å². The van der Waals surface area contributed by atoms with Crippen molar-refractivity contribution in [1.82, 2.24) is 25.4 Å². The van der Waals surface area contributed by atoms with Gasteiger partial charge in [-0.3, -0.25) is 14.8 Å². The van der Waals surface area contributed by atoms with E-state index in [1.54, 1.807) is 7.11 Å². The summed E-state index contributed by atoms with van der Waals surface area (Å²) < 4.78 is 10.8. The predicted molar refractivity (Wildman–Crippen MR) is 112 cm³/mol. The van der Waals surface area contributed by atoms with Crippen LogP contribution in [0.5, 0.6) is 5.75 Å². The molecule has 2 aliphatic heterocycles. The largest absolute Gasteiger partial charge is 0.496 e. The van der Waals surface area contributed by atoms with E-state index in [4.69, 9.17) is 9.47 Å². The number of aromatic nitrogens is 3. The summed E-state index contributed by atoms with van der Waals surface area (Å²) in [6.45, 7) is 7.68. The average molecular weight is 414 g/mol. The molecule has 0 spiro atoms. The molecule has 2 aliphatic rings. The molecule has 162 valence electrons. The van der Waals surface area contributed by atoms with E-state index in [0.29, 0.717) is 13.2 Å². The lowest BCUT2D eigenvalue weighted by Gasteiger charge is -2.25. The Bertz CT molecular complexity index is 877. The van der Waals surface area contributed by atoms with Gasteiger partial charge in [0.15, 0.2) is 5.82 Å². The molecule has 30 heavy (non-hydrogen) atoms. The fraction of sp³-hybridized carbons (Fsp3) is 0.591. The lowest BCUT2D eigenvalue weighted by molar-refractivity contribution is -0.128. The molecule has 0 unspecified atom stereocenters. The van der Waals surface area contributed by atoms with Crippen LogP contribution < -0.4 is 10.1 Å². The third-order valence-electron chi connectivity index (χ3n) is 6.13. The van der Waals surface area contributed by atoms with Crippen LogP contribution in [0, 0.1) is 19.8 Å². The lowest BCUT2D eigenvalue weighted by Crippen LogP contribution is -2.44. The summed E-state index contributed by atoms with van der Waals surface area (Å²) in [4.78, 5) is 19.8. The number of H-pyrrole nitrogens is 1. The van der Waals surface area contributed by atoms with Crippen LogP contribution in [0.25, 0.3) is 0 Å². The van der Waals surface area contributed by atoms with Gasteiger partial charge in [-0.1, -0.05) is 12.1 Å². The number of carbonyl (C=O) groups is 1. The highest BCUT2D eigenvalue weighted by Gasteiger charge is 2.38. The first kappa shape index (κ1) is 20.8. The second kappa shape index (κ2) is 9.14. The molecule has 4 rings (SSSR count). The number of hydrogen-bond donors (Lipinski definition) is 2. The van der Waals surface area contributed by atoms with Gasteiger partial charge in [0.25, 0.3) is 0 Å². The zero-order chi connectivity index (χ0) is 21.1. The quantitative estimate of drug-likeness (QED) is 0.752. The fourth-order valence-electron chi connectivity index (χ4n) is 4.51. The van der Waals surface area contributed by atoms with Crippen molar-refractivity contribution < 1.29 is 14.3 Å². The summed E-state index contributed by atoms with van der Waals surface area (Å²) in [6.07, 6.45) is 1.58. The molecule has 0 aliphatic carbocycles. The van der Waals surface area contributed by atoms with E-state index in [1.165, 1.54) is 5.56 Å². The molecule has 1 aromatic carbocycles. The van der Waals surface area contributed by atoms with Gasteiger partial charge in [-0.25, -0.2) is 4.98 Å². The maximum atomic E-state index is 12.9. The van der Waals surface area contributed by atoms with Gasteiger partial charge in [0.1, 0.15) is 11.6 Å². The van der Waals surface area contributed by atoms with Gasteiger partial charge >= 0.3 is 0 Å². The number of carbonyl (C=O) groups excluding carboxylic acids is 1. The van der Waals surface area contributed by atoms with Crippen molar-refractivity contribution in [3.8, 4) is 5.75 Å². The van der Waals surface area contributed by atoms with E-state index in [2.05, 4.69) is 44.5 Å². The number of likely N-dealkylation sites (tertiary alicyclic amines) is 1. The van der Waals surface area contributed by atoms with Crippen LogP contribution in [-0.4, -0.2) is 65.4 Å². The van der Waals surface area contributed by atoms with Gasteiger partial charge in [-0.05, 0) is 43.9 Å². The highest BCUT2D eigenvalue weighted by atomic mass is 16.5. The first-order valence-corrected chi connectivity index (χ1v) is 10.7. The molecular weight excluding hydrogens is 382 g/mol. The molecular formula is C22H31N5O3. The summed E-state index contributed by atoms with van der Waals surface area (Å²) >= 11 is 0. The molecule has 8 heteroatoms. The third kappa shape index (κ3) is 4.65. The first-order valence-electron chi connectivity index (χ1n) is 10.7. The van der Waals surface area contributed by atoms with Gasteiger partial charge < -0.3 is 14.8 Å². The molecule has 1 aromatic heterocycles. The van der Waals surface area contributed by atoms with Crippen molar-refractivity contribution in [2.24, 2.45) is 5.92 Å². The van der Waals surface area contributed by atoms with Gasteiger partial charge in [0.2, 0.25) is 5.91 Å². The SMILES string of the molecule is COc1ccc(CN2C[C@@H](NC(=O)C3CCOCC3)[C@H](c3n[nH]c(C)n3)C2)cc1C. The number of rotatable bonds is 6. The molecule has 2 N–H and O–H groups in total. The smallest absolute Gasteiger partial charge is 0.223 e. The molecule has 3 heterocycles. The molecule has 0 saturated carbocycles. The highest BCUT2D eigenvalue weighted by Crippen LogP contribution is 2.28. The topological polar surface area (TPSA) is 92.4 Å². The Kier molecular flexibility index (Phi) is 6.34. The molecule has 2 aromatic rings. The summed E-state index contributed by atoms with van der Waals surface area (Å²) in [5.41, 5.74) is 2.36. The highest BCUT2D eigenvalue weighted by molar-refractivity contribution is 5.79. The number of benzene rings is 1. The fourth-order valence-corrected chi connectivity index (χ4v) is 4.51. The van der Waals surface area contributed by atoms with E-state index in [9.17, 15) is 4.79 Å². The van der Waals surface area contributed by atoms with Crippen LogP contribution in [0.3, 0.4) is 0 Å². The normalized spacial score (nSPS) is 22.9. The summed E-state index contributed by atoms with van der Waals surface area (Å²) in [5.74, 6) is 2.70. The minimum absolute atomic E-state index is 0.00473. The van der Waals surface area contributed by atoms with Crippen LogP contribution >= 0.6 is 0 Å². The number of aromatic amines is 1. The maximum Gasteiger partial charge on any atom is 0.223 e. The minimum Gasteiger partial charge on any atom is -0.496 e. The number of nitrogens with zero attached hydrogens (tertiary/aromatic N) is 3. The third-order valence-corrected chi connectivity index (χ3v) is 6.13. The lowest BCUT2D eigenvalue weighted by atomic mass is 9.97. The van der Waals surface area contributed by atoms with Gasteiger partial charge in [-0.15, -0.1) is 0 Å². The van der Waals surface area contributed by atoms with Crippen LogP contribution in [0.2, 0.25) is 0 Å². The second-order valence-corrected chi connectivity index (χ2v) is 8.39. The van der Waals surface area contributed by atoms with Gasteiger partial charge in [-0.2, -0.15) is 5.10 Å². The zero-order valence-corrected chi connectivity index (χ0v) is 18.0. The van der Waals surface area contributed by atoms with Gasteiger partial charge in [0, 0.05) is 38.8 Å². The molecule has 2 fully saturated rings. The Balaban J connectivity index is 1.47. The van der Waals surface area contributed by atoms with Crippen molar-refractivity contribution in [3.05, 3.63) is 41.0 Å². The zero-order valence-electron chi connectivity index (χ0n) is 18.0. The minimum atomic E-state index is -0.00473. The maximum absolute atomic E-state index is 12.9. The summed E-state index contributed by atoms with van der Waals surface area (Å²) in [7, 11) is 1.69. The van der Waals surface area contributed by atoms with Crippen LogP contribution in [0.4, 0.5) is 0 Å². The van der Waals surface area contributed by atoms with E-state index >= 15 is 0 Å². The Labute approximate surface area is 177 Å². The Hall–Kier alpha value is -2.45. The van der Waals surface area contributed by atoms with Crippen molar-refractivity contribution in [1.29, 1.82) is 0 Å². The van der Waals surface area contributed by atoms with Crippen LogP contribution in [0.1, 0.15) is 41.5 Å². The number of methoxy groups -OCH3 is 1. The monoisotopic (exact) mass is 413 g/mol. The summed E-state index contributed by atoms with van der Waals surface area (Å²) in [5, 5.41) is 10.6. The van der Waals surface area contributed by atoms with Gasteiger partial charge in [0.05, 0.1) is 19.1 Å². The molecule has 0 radical (unpaired) electrons. The summed E-state index contributed by atoms with van der Waals surface area (Å²) in [6, 6.07) is 6.28. The molecule has 8 nitrogen and oxygen atoms in total. The Morgan fingerprint density at radius 1 is 1.30 bits per heavy atom. The molecule has 2 saturated heterocycles. The van der Waals surface area contributed by atoms with Crippen molar-refractivity contribution in [3.63, 3.8) is 0 Å². The number of ether oxygens (including phenoxy) is 2. The number of aryl methyl sites for hydroxylation is 2. The molecule has 2 atom stereocenters. The number of amides is 1. The van der Waals surface area contributed by atoms with E-state index in [-0.39, 0.29) is 23.8 Å².